The zero-order chi connectivity index (χ0) is 13.1. The Labute approximate surface area is 119 Å². The summed E-state index contributed by atoms with van der Waals surface area (Å²) in [6, 6.07) is 0. The molecule has 0 saturated heterocycles. The molecule has 2 rings (SSSR count). The quantitative estimate of drug-likeness (QED) is 0.786. The van der Waals surface area contributed by atoms with E-state index in [0.29, 0.717) is 6.61 Å². The second-order valence-corrected chi connectivity index (χ2v) is 5.85. The van der Waals surface area contributed by atoms with Crippen molar-refractivity contribution in [2.24, 2.45) is 10.9 Å². The van der Waals surface area contributed by atoms with Gasteiger partial charge in [-0.1, -0.05) is 33.8 Å². The van der Waals surface area contributed by atoms with Gasteiger partial charge in [-0.25, -0.2) is 4.99 Å². The summed E-state index contributed by atoms with van der Waals surface area (Å²) < 4.78 is 12.0. The maximum Gasteiger partial charge on any atom is 0.190 e. The average molecular weight is 334 g/mol. The number of halogens is 1. The predicted octanol–water partition coefficient (Wildman–Crippen LogP) is 2.64. The van der Waals surface area contributed by atoms with E-state index in [9.17, 15) is 0 Å². The van der Waals surface area contributed by atoms with E-state index in [0.717, 1.165) is 26.5 Å². The topological polar surface area (TPSA) is 51.0 Å². The maximum absolute atomic E-state index is 9.12. The van der Waals surface area contributed by atoms with Gasteiger partial charge in [-0.3, -0.25) is 0 Å². The Balaban J connectivity index is 2.19. The first-order valence-corrected chi connectivity index (χ1v) is 7.42. The van der Waals surface area contributed by atoms with E-state index in [2.05, 4.69) is 20.9 Å². The molecule has 0 amide bonds. The lowest BCUT2D eigenvalue weighted by Gasteiger charge is -2.16. The smallest absolute Gasteiger partial charge is 0.190 e. The van der Waals surface area contributed by atoms with Crippen LogP contribution < -0.4 is 0 Å². The van der Waals surface area contributed by atoms with Crippen molar-refractivity contribution in [3.8, 4) is 0 Å². The van der Waals surface area contributed by atoms with Crippen LogP contribution in [0.5, 0.6) is 0 Å². The SMILES string of the molecule is CCOC(OC)C1=C(Br)C2CC=C(CO)N=C2S1. The Hall–Kier alpha value is -0.140. The van der Waals surface area contributed by atoms with Crippen LogP contribution in [-0.2, 0) is 9.47 Å². The first-order valence-electron chi connectivity index (χ1n) is 5.81. The summed E-state index contributed by atoms with van der Waals surface area (Å²) in [7, 11) is 1.63. The van der Waals surface area contributed by atoms with Crippen molar-refractivity contribution in [1.82, 2.24) is 0 Å². The lowest BCUT2D eigenvalue weighted by atomic mass is 10.0. The molecule has 0 aromatic carbocycles. The second-order valence-electron chi connectivity index (χ2n) is 3.93. The zero-order valence-corrected chi connectivity index (χ0v) is 12.8. The first-order chi connectivity index (χ1) is 8.71. The van der Waals surface area contributed by atoms with Gasteiger partial charge >= 0.3 is 0 Å². The van der Waals surface area contributed by atoms with Crippen LogP contribution in [0.4, 0.5) is 0 Å². The molecule has 2 heterocycles. The number of aliphatic hydroxyl groups excluding tert-OH is 1. The molecule has 0 saturated carbocycles. The molecule has 18 heavy (non-hydrogen) atoms. The third-order valence-corrected chi connectivity index (χ3v) is 5.26. The van der Waals surface area contributed by atoms with Crippen LogP contribution in [0.25, 0.3) is 0 Å². The van der Waals surface area contributed by atoms with Gasteiger partial charge in [0.1, 0.15) is 0 Å². The Bertz CT molecular complexity index is 420. The number of methoxy groups -OCH3 is 1. The molecule has 6 heteroatoms. The van der Waals surface area contributed by atoms with Gasteiger partial charge in [0.15, 0.2) is 6.29 Å². The number of ether oxygens (including phenoxy) is 2. The van der Waals surface area contributed by atoms with Crippen molar-refractivity contribution in [3.63, 3.8) is 0 Å². The Kier molecular flexibility index (Phi) is 5.03. The van der Waals surface area contributed by atoms with Crippen LogP contribution in [0.3, 0.4) is 0 Å². The minimum Gasteiger partial charge on any atom is -0.390 e. The maximum atomic E-state index is 9.12. The molecule has 0 radical (unpaired) electrons. The first kappa shape index (κ1) is 14.3. The van der Waals surface area contributed by atoms with Crippen LogP contribution in [0, 0.1) is 5.92 Å². The third kappa shape index (κ3) is 2.72. The van der Waals surface area contributed by atoms with Gasteiger partial charge in [0.25, 0.3) is 0 Å². The number of aliphatic imine (C=N–C) groups is 1. The van der Waals surface area contributed by atoms with Gasteiger partial charge in [-0.15, -0.1) is 0 Å². The second kappa shape index (κ2) is 6.34. The molecule has 0 spiro atoms. The van der Waals surface area contributed by atoms with Gasteiger partial charge in [0.05, 0.1) is 22.3 Å². The standard InChI is InChI=1S/C12H16BrNO3S/c1-3-17-12(16-2)10-9(13)8-5-4-7(6-15)14-11(8)18-10/h4,8,12,15H,3,5-6H2,1-2H3. The summed E-state index contributed by atoms with van der Waals surface area (Å²) in [4.78, 5) is 5.47. The fourth-order valence-electron chi connectivity index (χ4n) is 1.92. The van der Waals surface area contributed by atoms with Gasteiger partial charge in [0, 0.05) is 24.1 Å². The average Bonchev–Trinajstić information content (AvgIpc) is 2.72. The number of rotatable bonds is 5. The largest absolute Gasteiger partial charge is 0.390 e. The molecule has 2 unspecified atom stereocenters. The molecule has 0 aliphatic carbocycles. The van der Waals surface area contributed by atoms with Crippen molar-refractivity contribution in [2.75, 3.05) is 20.3 Å². The van der Waals surface area contributed by atoms with E-state index in [1.807, 2.05) is 13.0 Å². The van der Waals surface area contributed by atoms with Crippen molar-refractivity contribution in [3.05, 3.63) is 21.2 Å². The summed E-state index contributed by atoms with van der Waals surface area (Å²) in [5, 5.41) is 10.1. The molecular formula is C12H16BrNO3S. The van der Waals surface area contributed by atoms with Crippen molar-refractivity contribution in [1.29, 1.82) is 0 Å². The number of allylic oxidation sites excluding steroid dienone is 2. The van der Waals surface area contributed by atoms with E-state index < -0.39 is 0 Å². The molecule has 2 atom stereocenters. The molecular weight excluding hydrogens is 318 g/mol. The zero-order valence-electron chi connectivity index (χ0n) is 10.4. The van der Waals surface area contributed by atoms with Crippen molar-refractivity contribution in [2.45, 2.75) is 19.6 Å². The highest BCUT2D eigenvalue weighted by Gasteiger charge is 2.36. The van der Waals surface area contributed by atoms with E-state index in [4.69, 9.17) is 14.6 Å². The Morgan fingerprint density at radius 1 is 1.67 bits per heavy atom. The molecule has 0 fully saturated rings. The molecule has 0 aromatic rings. The molecule has 4 nitrogen and oxygen atoms in total. The molecule has 0 aromatic heterocycles. The summed E-state index contributed by atoms with van der Waals surface area (Å²) in [5.74, 6) is 0.249. The highest BCUT2D eigenvalue weighted by molar-refractivity contribution is 9.12. The van der Waals surface area contributed by atoms with Crippen molar-refractivity contribution < 1.29 is 14.6 Å². The molecule has 2 aliphatic rings. The minimum absolute atomic E-state index is 0.0110. The van der Waals surface area contributed by atoms with E-state index in [1.54, 1.807) is 18.9 Å². The molecule has 1 N–H and O–H groups in total. The van der Waals surface area contributed by atoms with Gasteiger partial charge in [0.2, 0.25) is 0 Å². The minimum atomic E-state index is -0.347. The number of fused-ring (bicyclic) bond motifs is 1. The summed E-state index contributed by atoms with van der Waals surface area (Å²) in [5.41, 5.74) is 0.737. The monoisotopic (exact) mass is 333 g/mol. The van der Waals surface area contributed by atoms with Crippen LogP contribution >= 0.6 is 27.7 Å². The fraction of sp³-hybridized carbons (Fsp3) is 0.583. The van der Waals surface area contributed by atoms with Crippen LogP contribution in [0.1, 0.15) is 13.3 Å². The highest BCUT2D eigenvalue weighted by atomic mass is 79.9. The molecule has 0 bridgehead atoms. The van der Waals surface area contributed by atoms with E-state index >= 15 is 0 Å². The highest BCUT2D eigenvalue weighted by Crippen LogP contribution is 2.47. The molecule has 100 valence electrons. The van der Waals surface area contributed by atoms with Crippen LogP contribution in [0.15, 0.2) is 26.2 Å². The molecule has 2 aliphatic heterocycles. The van der Waals surface area contributed by atoms with Gasteiger partial charge < -0.3 is 14.6 Å². The lowest BCUT2D eigenvalue weighted by Crippen LogP contribution is -2.16. The van der Waals surface area contributed by atoms with Gasteiger partial charge in [-0.2, -0.15) is 0 Å². The lowest BCUT2D eigenvalue weighted by molar-refractivity contribution is -0.0886. The number of hydrogen-bond donors (Lipinski definition) is 1. The van der Waals surface area contributed by atoms with Crippen LogP contribution in [0.2, 0.25) is 0 Å². The summed E-state index contributed by atoms with van der Waals surface area (Å²) in [6.07, 6.45) is 2.48. The predicted molar refractivity (Wildman–Crippen MR) is 76.7 cm³/mol. The summed E-state index contributed by atoms with van der Waals surface area (Å²) >= 11 is 5.20. The number of nitrogens with zero attached hydrogens (tertiary/aromatic N) is 1. The van der Waals surface area contributed by atoms with Crippen LogP contribution in [-0.4, -0.2) is 36.8 Å². The normalized spacial score (nSPS) is 24.8. The Morgan fingerprint density at radius 3 is 3.06 bits per heavy atom. The Morgan fingerprint density at radius 2 is 2.44 bits per heavy atom. The van der Waals surface area contributed by atoms with Crippen molar-refractivity contribution >= 4 is 32.7 Å². The van der Waals surface area contributed by atoms with E-state index in [1.165, 1.54) is 0 Å². The number of thioether (sulfide) groups is 1. The van der Waals surface area contributed by atoms with E-state index in [-0.39, 0.29) is 18.8 Å². The fourth-order valence-corrected chi connectivity index (χ4v) is 4.15. The summed E-state index contributed by atoms with van der Waals surface area (Å²) in [6.45, 7) is 2.53. The third-order valence-electron chi connectivity index (χ3n) is 2.81. The number of aliphatic hydroxyl groups is 1. The number of hydrogen-bond acceptors (Lipinski definition) is 5. The van der Waals surface area contributed by atoms with Gasteiger partial charge in [-0.05, 0) is 13.3 Å².